The van der Waals surface area contributed by atoms with E-state index in [0.717, 1.165) is 0 Å². The summed E-state index contributed by atoms with van der Waals surface area (Å²) < 4.78 is 25.3. The van der Waals surface area contributed by atoms with E-state index in [-0.39, 0.29) is 16.1 Å². The number of aromatic nitrogens is 2. The Balaban J connectivity index is 2.82. The van der Waals surface area contributed by atoms with Crippen molar-refractivity contribution in [2.75, 3.05) is 0 Å². The first-order valence-electron chi connectivity index (χ1n) is 4.02. The molecular weight excluding hydrogens is 210 g/mol. The van der Waals surface area contributed by atoms with Crippen LogP contribution in [0.2, 0.25) is 5.02 Å². The smallest absolute Gasteiger partial charge is 0.267 e. The molecule has 0 fully saturated rings. The van der Waals surface area contributed by atoms with E-state index in [9.17, 15) is 8.78 Å². The number of hydrogen-bond acceptors (Lipinski definition) is 1. The van der Waals surface area contributed by atoms with Crippen LogP contribution in [0, 0.1) is 6.92 Å². The zero-order chi connectivity index (χ0) is 10.3. The number of imidazole rings is 1. The van der Waals surface area contributed by atoms with Crippen molar-refractivity contribution in [3.05, 3.63) is 28.5 Å². The van der Waals surface area contributed by atoms with E-state index in [4.69, 9.17) is 11.6 Å². The molecule has 0 amide bonds. The Morgan fingerprint density at radius 3 is 2.79 bits per heavy atom. The molecular formula is C9H7ClF2N2. The highest BCUT2D eigenvalue weighted by Crippen LogP contribution is 2.32. The summed E-state index contributed by atoms with van der Waals surface area (Å²) in [7, 11) is 0. The van der Waals surface area contributed by atoms with E-state index in [1.54, 1.807) is 13.0 Å². The Morgan fingerprint density at radius 2 is 2.14 bits per heavy atom. The van der Waals surface area contributed by atoms with Gasteiger partial charge in [-0.25, -0.2) is 13.8 Å². The van der Waals surface area contributed by atoms with Gasteiger partial charge in [-0.15, -0.1) is 0 Å². The van der Waals surface area contributed by atoms with Crippen LogP contribution in [0.4, 0.5) is 8.78 Å². The summed E-state index contributed by atoms with van der Waals surface area (Å²) in [5.41, 5.74) is 0.640. The highest BCUT2D eigenvalue weighted by Gasteiger charge is 2.18. The lowest BCUT2D eigenvalue weighted by Gasteiger charge is -2.02. The van der Waals surface area contributed by atoms with Gasteiger partial charge in [0.15, 0.2) is 0 Å². The number of nitrogens with one attached hydrogen (secondary N) is 1. The Labute approximate surface area is 83.9 Å². The molecule has 0 aliphatic heterocycles. The van der Waals surface area contributed by atoms with E-state index in [2.05, 4.69) is 9.97 Å². The minimum absolute atomic E-state index is 0.0546. The number of aromatic amines is 1. The lowest BCUT2D eigenvalue weighted by atomic mass is 10.2. The van der Waals surface area contributed by atoms with Crippen molar-refractivity contribution in [2.24, 2.45) is 0 Å². The molecule has 5 heteroatoms. The summed E-state index contributed by atoms with van der Waals surface area (Å²) in [6.45, 7) is 1.71. The van der Waals surface area contributed by atoms with Crippen LogP contribution in [0.5, 0.6) is 0 Å². The Hall–Kier alpha value is -1.16. The third-order valence-corrected chi connectivity index (χ3v) is 2.31. The number of rotatable bonds is 1. The van der Waals surface area contributed by atoms with E-state index in [1.807, 2.05) is 0 Å². The average Bonchev–Trinajstić information content (AvgIpc) is 2.43. The molecule has 0 saturated carbocycles. The normalized spacial score (nSPS) is 11.5. The molecule has 14 heavy (non-hydrogen) atoms. The topological polar surface area (TPSA) is 28.7 Å². The van der Waals surface area contributed by atoms with Crippen LogP contribution in [0.25, 0.3) is 11.0 Å². The maximum atomic E-state index is 12.6. The quantitative estimate of drug-likeness (QED) is 0.777. The number of benzene rings is 1. The fourth-order valence-corrected chi connectivity index (χ4v) is 1.64. The van der Waals surface area contributed by atoms with Crippen LogP contribution in [0.3, 0.4) is 0 Å². The van der Waals surface area contributed by atoms with E-state index in [1.165, 1.54) is 6.07 Å². The second-order valence-corrected chi connectivity index (χ2v) is 3.39. The highest BCUT2D eigenvalue weighted by atomic mass is 35.5. The minimum atomic E-state index is -2.60. The van der Waals surface area contributed by atoms with Gasteiger partial charge in [0.2, 0.25) is 0 Å². The molecule has 1 N–H and O–H groups in total. The molecule has 0 aliphatic carbocycles. The van der Waals surface area contributed by atoms with Gasteiger partial charge in [0.05, 0.1) is 21.6 Å². The van der Waals surface area contributed by atoms with Crippen LogP contribution in [0.1, 0.15) is 17.8 Å². The average molecular weight is 217 g/mol. The van der Waals surface area contributed by atoms with Gasteiger partial charge in [0.1, 0.15) is 5.82 Å². The predicted molar refractivity (Wildman–Crippen MR) is 50.8 cm³/mol. The predicted octanol–water partition coefficient (Wildman–Crippen LogP) is 3.46. The number of fused-ring (bicyclic) bond motifs is 1. The lowest BCUT2D eigenvalue weighted by Crippen LogP contribution is -1.88. The summed E-state index contributed by atoms with van der Waals surface area (Å²) in [5, 5.41) is 0.0546. The number of aryl methyl sites for hydroxylation is 1. The highest BCUT2D eigenvalue weighted by molar-refractivity contribution is 6.32. The molecule has 74 valence electrons. The first kappa shape index (κ1) is 9.40. The third-order valence-electron chi connectivity index (χ3n) is 1.98. The van der Waals surface area contributed by atoms with E-state index < -0.39 is 6.43 Å². The fourth-order valence-electron chi connectivity index (χ4n) is 1.40. The van der Waals surface area contributed by atoms with Crippen LogP contribution in [-0.2, 0) is 0 Å². The Morgan fingerprint density at radius 1 is 1.43 bits per heavy atom. The van der Waals surface area contributed by atoms with Gasteiger partial charge < -0.3 is 4.98 Å². The summed E-state index contributed by atoms with van der Waals surface area (Å²) in [6.07, 6.45) is -2.60. The largest absolute Gasteiger partial charge is 0.342 e. The Kier molecular flexibility index (Phi) is 2.15. The van der Waals surface area contributed by atoms with Gasteiger partial charge in [0, 0.05) is 0 Å². The van der Waals surface area contributed by atoms with Gasteiger partial charge in [0.25, 0.3) is 6.43 Å². The summed E-state index contributed by atoms with van der Waals surface area (Å²) in [5.74, 6) is 0.601. The SMILES string of the molecule is Cc1nc2c(C(F)F)c(Cl)ccc2[nH]1. The number of hydrogen-bond donors (Lipinski definition) is 1. The van der Waals surface area contributed by atoms with Gasteiger partial charge in [-0.2, -0.15) is 0 Å². The second kappa shape index (κ2) is 3.20. The first-order valence-corrected chi connectivity index (χ1v) is 4.40. The molecule has 0 bridgehead atoms. The summed E-state index contributed by atoms with van der Waals surface area (Å²) >= 11 is 5.67. The van der Waals surface area contributed by atoms with E-state index >= 15 is 0 Å². The lowest BCUT2D eigenvalue weighted by molar-refractivity contribution is 0.153. The molecule has 0 radical (unpaired) electrons. The van der Waals surface area contributed by atoms with Crippen molar-refractivity contribution in [1.82, 2.24) is 9.97 Å². The van der Waals surface area contributed by atoms with Crippen LogP contribution in [-0.4, -0.2) is 9.97 Å². The first-order chi connectivity index (χ1) is 6.59. The van der Waals surface area contributed by atoms with Crippen molar-refractivity contribution in [3.8, 4) is 0 Å². The zero-order valence-electron chi connectivity index (χ0n) is 7.31. The maximum Gasteiger partial charge on any atom is 0.267 e. The molecule has 2 rings (SSSR count). The van der Waals surface area contributed by atoms with Crippen molar-refractivity contribution in [3.63, 3.8) is 0 Å². The molecule has 0 saturated heterocycles. The molecule has 0 spiro atoms. The van der Waals surface area contributed by atoms with Gasteiger partial charge in [-0.1, -0.05) is 11.6 Å². The maximum absolute atomic E-state index is 12.6. The minimum Gasteiger partial charge on any atom is -0.342 e. The molecule has 0 unspecified atom stereocenters. The van der Waals surface area contributed by atoms with Crippen LogP contribution in [0.15, 0.2) is 12.1 Å². The zero-order valence-corrected chi connectivity index (χ0v) is 8.07. The molecule has 0 aliphatic rings. The van der Waals surface area contributed by atoms with Crippen molar-refractivity contribution in [1.29, 1.82) is 0 Å². The molecule has 1 aromatic carbocycles. The van der Waals surface area contributed by atoms with Gasteiger partial charge in [-0.05, 0) is 19.1 Å². The van der Waals surface area contributed by atoms with Crippen molar-refractivity contribution in [2.45, 2.75) is 13.3 Å². The van der Waals surface area contributed by atoms with Crippen LogP contribution < -0.4 is 0 Å². The fraction of sp³-hybridized carbons (Fsp3) is 0.222. The van der Waals surface area contributed by atoms with Gasteiger partial charge in [-0.3, -0.25) is 0 Å². The van der Waals surface area contributed by atoms with Crippen molar-refractivity contribution < 1.29 is 8.78 Å². The molecule has 2 aromatic rings. The monoisotopic (exact) mass is 216 g/mol. The Bertz CT molecular complexity index is 479. The van der Waals surface area contributed by atoms with Crippen LogP contribution >= 0.6 is 11.6 Å². The second-order valence-electron chi connectivity index (χ2n) is 2.98. The molecule has 1 heterocycles. The summed E-state index contributed by atoms with van der Waals surface area (Å²) in [6, 6.07) is 3.09. The van der Waals surface area contributed by atoms with Gasteiger partial charge >= 0.3 is 0 Å². The number of halogens is 3. The molecule has 1 aromatic heterocycles. The van der Waals surface area contributed by atoms with Crippen molar-refractivity contribution >= 4 is 22.6 Å². The summed E-state index contributed by atoms with van der Waals surface area (Å²) in [4.78, 5) is 6.85. The molecule has 2 nitrogen and oxygen atoms in total. The number of H-pyrrole nitrogens is 1. The third kappa shape index (κ3) is 1.35. The number of nitrogens with zero attached hydrogens (tertiary/aromatic N) is 1. The standard InChI is InChI=1S/C9H7ClF2N2/c1-4-13-6-3-2-5(10)7(9(11)12)8(6)14-4/h2-3,9H,1H3,(H,13,14). The molecule has 0 atom stereocenters. The van der Waals surface area contributed by atoms with E-state index in [0.29, 0.717) is 11.3 Å². The number of alkyl halides is 2.